The summed E-state index contributed by atoms with van der Waals surface area (Å²) in [6.07, 6.45) is 0. The highest BCUT2D eigenvalue weighted by molar-refractivity contribution is 6.35. The lowest BCUT2D eigenvalue weighted by atomic mass is 10.3. The van der Waals surface area contributed by atoms with Crippen LogP contribution in [0.15, 0.2) is 18.2 Å². The average molecular weight is 283 g/mol. The van der Waals surface area contributed by atoms with Gasteiger partial charge in [0.15, 0.2) is 0 Å². The second-order valence-corrected chi connectivity index (χ2v) is 4.02. The van der Waals surface area contributed by atoms with Gasteiger partial charge in [-0.1, -0.05) is 23.2 Å². The highest BCUT2D eigenvalue weighted by Gasteiger charge is 2.02. The third kappa shape index (κ3) is 4.47. The van der Waals surface area contributed by atoms with Crippen LogP contribution in [0.1, 0.15) is 0 Å². The molecular formula is C10H10Cl3NO2. The van der Waals surface area contributed by atoms with Crippen molar-refractivity contribution in [3.8, 4) is 5.75 Å². The molecule has 0 bridgehead atoms. The van der Waals surface area contributed by atoms with Crippen molar-refractivity contribution in [3.05, 3.63) is 28.2 Å². The lowest BCUT2D eigenvalue weighted by Gasteiger charge is -2.08. The number of benzene rings is 1. The highest BCUT2D eigenvalue weighted by Crippen LogP contribution is 2.27. The number of rotatable bonds is 5. The zero-order valence-corrected chi connectivity index (χ0v) is 10.6. The largest absolute Gasteiger partial charge is 0.490 e. The number of hydrogen-bond acceptors (Lipinski definition) is 2. The van der Waals surface area contributed by atoms with E-state index in [4.69, 9.17) is 39.5 Å². The van der Waals surface area contributed by atoms with E-state index in [1.165, 1.54) is 0 Å². The van der Waals surface area contributed by atoms with Crippen LogP contribution in [0.25, 0.3) is 0 Å². The van der Waals surface area contributed by atoms with Crippen LogP contribution in [0.2, 0.25) is 10.0 Å². The van der Waals surface area contributed by atoms with Gasteiger partial charge in [-0.15, -0.1) is 11.6 Å². The third-order valence-electron chi connectivity index (χ3n) is 1.70. The maximum atomic E-state index is 10.8. The Morgan fingerprint density at radius 3 is 2.75 bits per heavy atom. The normalized spacial score (nSPS) is 9.94. The van der Waals surface area contributed by atoms with E-state index in [-0.39, 0.29) is 11.8 Å². The Morgan fingerprint density at radius 2 is 2.12 bits per heavy atom. The van der Waals surface area contributed by atoms with Gasteiger partial charge < -0.3 is 10.1 Å². The topological polar surface area (TPSA) is 38.3 Å². The summed E-state index contributed by atoms with van der Waals surface area (Å²) in [5.41, 5.74) is 0. The van der Waals surface area contributed by atoms with E-state index in [1.807, 2.05) is 0 Å². The standard InChI is InChI=1S/C10H10Cl3NO2/c11-6-10(15)14-3-4-16-9-2-1-7(12)5-8(9)13/h1-2,5H,3-4,6H2,(H,14,15). The molecule has 1 aromatic rings. The van der Waals surface area contributed by atoms with Crippen LogP contribution in [0.3, 0.4) is 0 Å². The van der Waals surface area contributed by atoms with Gasteiger partial charge in [-0.2, -0.15) is 0 Å². The van der Waals surface area contributed by atoms with Crippen LogP contribution in [0, 0.1) is 0 Å². The molecule has 0 unspecified atom stereocenters. The van der Waals surface area contributed by atoms with Crippen LogP contribution in [-0.2, 0) is 4.79 Å². The van der Waals surface area contributed by atoms with E-state index in [0.717, 1.165) is 0 Å². The summed E-state index contributed by atoms with van der Waals surface area (Å²) in [7, 11) is 0. The molecular weight excluding hydrogens is 272 g/mol. The van der Waals surface area contributed by atoms with E-state index in [9.17, 15) is 4.79 Å². The molecule has 1 aromatic carbocycles. The molecule has 0 aliphatic carbocycles. The maximum absolute atomic E-state index is 10.8. The van der Waals surface area contributed by atoms with Gasteiger partial charge in [-0.25, -0.2) is 0 Å². The summed E-state index contributed by atoms with van der Waals surface area (Å²) in [5.74, 6) is 0.250. The monoisotopic (exact) mass is 281 g/mol. The van der Waals surface area contributed by atoms with Crippen LogP contribution in [0.4, 0.5) is 0 Å². The van der Waals surface area contributed by atoms with Crippen molar-refractivity contribution in [2.24, 2.45) is 0 Å². The second-order valence-electron chi connectivity index (χ2n) is 2.91. The summed E-state index contributed by atoms with van der Waals surface area (Å²) in [6, 6.07) is 4.95. The molecule has 1 N–H and O–H groups in total. The predicted molar refractivity (Wildman–Crippen MR) is 65.7 cm³/mol. The second kappa shape index (κ2) is 6.84. The van der Waals surface area contributed by atoms with Crippen molar-refractivity contribution in [1.29, 1.82) is 0 Å². The molecule has 0 spiro atoms. The Balaban J connectivity index is 2.35. The molecule has 0 saturated heterocycles. The number of amides is 1. The number of carbonyl (C=O) groups is 1. The fourth-order valence-corrected chi connectivity index (χ4v) is 1.55. The first-order valence-electron chi connectivity index (χ1n) is 4.54. The zero-order chi connectivity index (χ0) is 12.0. The SMILES string of the molecule is O=C(CCl)NCCOc1ccc(Cl)cc1Cl. The quantitative estimate of drug-likeness (QED) is 0.666. The first kappa shape index (κ1) is 13.4. The van der Waals surface area contributed by atoms with Gasteiger partial charge in [0.05, 0.1) is 11.6 Å². The van der Waals surface area contributed by atoms with Gasteiger partial charge in [0.1, 0.15) is 18.2 Å². The molecule has 16 heavy (non-hydrogen) atoms. The maximum Gasteiger partial charge on any atom is 0.235 e. The Hall–Kier alpha value is -0.640. The van der Waals surface area contributed by atoms with Crippen molar-refractivity contribution >= 4 is 40.7 Å². The first-order chi connectivity index (χ1) is 7.63. The van der Waals surface area contributed by atoms with Crippen molar-refractivity contribution < 1.29 is 9.53 Å². The highest BCUT2D eigenvalue weighted by atomic mass is 35.5. The molecule has 0 fully saturated rings. The fraction of sp³-hybridized carbons (Fsp3) is 0.300. The average Bonchev–Trinajstić information content (AvgIpc) is 2.26. The Labute approximate surface area is 109 Å². The van der Waals surface area contributed by atoms with E-state index < -0.39 is 0 Å². The molecule has 0 radical (unpaired) electrons. The summed E-state index contributed by atoms with van der Waals surface area (Å²) in [6.45, 7) is 0.703. The molecule has 1 rings (SSSR count). The molecule has 0 saturated carbocycles. The lowest BCUT2D eigenvalue weighted by molar-refractivity contribution is -0.118. The molecule has 6 heteroatoms. The van der Waals surface area contributed by atoms with Gasteiger partial charge in [-0.05, 0) is 18.2 Å². The van der Waals surface area contributed by atoms with Gasteiger partial charge in [0.2, 0.25) is 5.91 Å². The van der Waals surface area contributed by atoms with Crippen LogP contribution >= 0.6 is 34.8 Å². The summed E-state index contributed by atoms with van der Waals surface area (Å²) < 4.78 is 5.34. The lowest BCUT2D eigenvalue weighted by Crippen LogP contribution is -2.28. The number of nitrogens with one attached hydrogen (secondary N) is 1. The Kier molecular flexibility index (Phi) is 5.74. The predicted octanol–water partition coefficient (Wildman–Crippen LogP) is 2.73. The summed E-state index contributed by atoms with van der Waals surface area (Å²) >= 11 is 16.9. The minimum atomic E-state index is -0.229. The van der Waals surface area contributed by atoms with Gasteiger partial charge in [0.25, 0.3) is 0 Å². The third-order valence-corrected chi connectivity index (χ3v) is 2.47. The first-order valence-corrected chi connectivity index (χ1v) is 5.83. The molecule has 0 aromatic heterocycles. The number of halogens is 3. The van der Waals surface area contributed by atoms with E-state index in [0.29, 0.717) is 28.9 Å². The molecule has 0 aliphatic heterocycles. The van der Waals surface area contributed by atoms with E-state index in [2.05, 4.69) is 5.32 Å². The van der Waals surface area contributed by atoms with Crippen molar-refractivity contribution in [1.82, 2.24) is 5.32 Å². The summed E-state index contributed by atoms with van der Waals surface area (Å²) in [4.78, 5) is 10.8. The minimum Gasteiger partial charge on any atom is -0.490 e. The Bertz CT molecular complexity index is 371. The van der Waals surface area contributed by atoms with Gasteiger partial charge in [-0.3, -0.25) is 4.79 Å². The fourth-order valence-electron chi connectivity index (χ4n) is 0.991. The molecule has 88 valence electrons. The minimum absolute atomic E-state index is 0.0539. The van der Waals surface area contributed by atoms with Gasteiger partial charge >= 0.3 is 0 Å². The molecule has 0 aliphatic rings. The zero-order valence-electron chi connectivity index (χ0n) is 8.30. The van der Waals surface area contributed by atoms with Crippen LogP contribution < -0.4 is 10.1 Å². The van der Waals surface area contributed by atoms with Crippen molar-refractivity contribution in [2.45, 2.75) is 0 Å². The van der Waals surface area contributed by atoms with E-state index >= 15 is 0 Å². The molecule has 3 nitrogen and oxygen atoms in total. The summed E-state index contributed by atoms with van der Waals surface area (Å²) in [5, 5.41) is 3.56. The number of carbonyl (C=O) groups excluding carboxylic acids is 1. The van der Waals surface area contributed by atoms with Crippen LogP contribution in [-0.4, -0.2) is 24.9 Å². The molecule has 0 heterocycles. The number of ether oxygens (including phenoxy) is 1. The Morgan fingerprint density at radius 1 is 1.38 bits per heavy atom. The van der Waals surface area contributed by atoms with E-state index in [1.54, 1.807) is 18.2 Å². The van der Waals surface area contributed by atoms with Crippen LogP contribution in [0.5, 0.6) is 5.75 Å². The number of alkyl halides is 1. The molecule has 1 amide bonds. The number of hydrogen-bond donors (Lipinski definition) is 1. The molecule has 0 atom stereocenters. The van der Waals surface area contributed by atoms with Crippen molar-refractivity contribution in [3.63, 3.8) is 0 Å². The van der Waals surface area contributed by atoms with Crippen molar-refractivity contribution in [2.75, 3.05) is 19.0 Å². The smallest absolute Gasteiger partial charge is 0.235 e. The van der Waals surface area contributed by atoms with Gasteiger partial charge in [0, 0.05) is 5.02 Å².